The molecule has 5 rings (SSSR count). The third kappa shape index (κ3) is 2.85. The maximum atomic E-state index is 13.1. The van der Waals surface area contributed by atoms with Gasteiger partial charge in [0.2, 0.25) is 0 Å². The Morgan fingerprint density at radius 1 is 1.07 bits per heavy atom. The van der Waals surface area contributed by atoms with Crippen LogP contribution in [-0.4, -0.2) is 21.1 Å². The number of hydrogen-bond donors (Lipinski definition) is 0. The predicted octanol–water partition coefficient (Wildman–Crippen LogP) is 6.07. The quantitative estimate of drug-likeness (QED) is 0.291. The Kier molecular flexibility index (Phi) is 4.45. The fourth-order valence-electron chi connectivity index (χ4n) is 3.90. The summed E-state index contributed by atoms with van der Waals surface area (Å²) in [5.74, 6) is -0.539. The van der Waals surface area contributed by atoms with Gasteiger partial charge in [-0.25, -0.2) is 4.98 Å². The van der Waals surface area contributed by atoms with Gasteiger partial charge >= 0.3 is 0 Å². The molecule has 0 bridgehead atoms. The summed E-state index contributed by atoms with van der Waals surface area (Å²) in [6.07, 6.45) is 2.38. The molecule has 0 aliphatic heterocycles. The first-order chi connectivity index (χ1) is 14.5. The van der Waals surface area contributed by atoms with Crippen LogP contribution < -0.4 is 0 Å². The maximum absolute atomic E-state index is 13.1. The number of allylic oxidation sites excluding steroid dienone is 1. The van der Waals surface area contributed by atoms with Crippen LogP contribution in [-0.2, 0) is 6.42 Å². The molecule has 0 spiro atoms. The Morgan fingerprint density at radius 3 is 2.47 bits per heavy atom. The molecule has 2 aromatic heterocycles. The van der Waals surface area contributed by atoms with E-state index in [4.69, 9.17) is 11.6 Å². The van der Waals surface area contributed by atoms with Gasteiger partial charge in [-0.15, -0.1) is 11.3 Å². The number of rotatable bonds is 3. The minimum absolute atomic E-state index is 0.161. The highest BCUT2D eigenvalue weighted by Gasteiger charge is 2.34. The van der Waals surface area contributed by atoms with Crippen molar-refractivity contribution < 1.29 is 9.59 Å². The highest BCUT2D eigenvalue weighted by molar-refractivity contribution is 7.18. The maximum Gasteiger partial charge on any atom is 0.197 e. The third-order valence-corrected chi connectivity index (χ3v) is 6.60. The number of aromatic nitrogens is 2. The van der Waals surface area contributed by atoms with Crippen LogP contribution in [0.4, 0.5) is 0 Å². The molecule has 0 unspecified atom stereocenters. The van der Waals surface area contributed by atoms with Crippen molar-refractivity contribution in [3.8, 4) is 5.69 Å². The van der Waals surface area contributed by atoms with Crippen molar-refractivity contribution in [3.05, 3.63) is 86.5 Å². The van der Waals surface area contributed by atoms with Gasteiger partial charge in [0.1, 0.15) is 0 Å². The Labute approximate surface area is 182 Å². The number of ketones is 2. The van der Waals surface area contributed by atoms with Crippen molar-refractivity contribution >= 4 is 50.9 Å². The number of para-hydroxylation sites is 1. The molecular weight excluding hydrogens is 416 g/mol. The molecule has 30 heavy (non-hydrogen) atoms. The Bertz CT molecular complexity index is 1380. The summed E-state index contributed by atoms with van der Waals surface area (Å²) in [6.45, 7) is 3.94. The number of benzene rings is 2. The zero-order valence-electron chi connectivity index (χ0n) is 16.4. The van der Waals surface area contributed by atoms with Crippen LogP contribution >= 0.6 is 22.9 Å². The SMILES string of the molecule is CCc1cc2c(cc1Cl)C(=O)/C(=C/c1cc3sc(C)nc3n1-c1ccccc1)C2=O. The molecule has 2 aromatic carbocycles. The average Bonchev–Trinajstić information content (AvgIpc) is 3.33. The monoisotopic (exact) mass is 432 g/mol. The first-order valence-corrected chi connectivity index (χ1v) is 10.8. The minimum atomic E-state index is -0.284. The molecule has 0 fully saturated rings. The number of fused-ring (bicyclic) bond motifs is 2. The van der Waals surface area contributed by atoms with Crippen LogP contribution in [0.3, 0.4) is 0 Å². The lowest BCUT2D eigenvalue weighted by Crippen LogP contribution is -2.03. The molecule has 4 nitrogen and oxygen atoms in total. The van der Waals surface area contributed by atoms with Gasteiger partial charge in [-0.3, -0.25) is 14.2 Å². The number of carbonyl (C=O) groups is 2. The van der Waals surface area contributed by atoms with Gasteiger partial charge in [-0.1, -0.05) is 36.7 Å². The summed E-state index contributed by atoms with van der Waals surface area (Å²) in [6, 6.07) is 15.2. The van der Waals surface area contributed by atoms with E-state index in [1.165, 1.54) is 0 Å². The summed E-state index contributed by atoms with van der Waals surface area (Å²) in [5, 5.41) is 1.48. The van der Waals surface area contributed by atoms with Gasteiger partial charge in [0.15, 0.2) is 17.2 Å². The summed E-state index contributed by atoms with van der Waals surface area (Å²) in [4.78, 5) is 30.8. The zero-order chi connectivity index (χ0) is 21.0. The number of halogens is 1. The molecule has 0 radical (unpaired) electrons. The normalized spacial score (nSPS) is 14.8. The standard InChI is InChI=1S/C24H17ClN2O2S/c1-3-14-9-17-18(12-20(14)25)23(29)19(22(17)28)10-16-11-21-24(26-13(2)30-21)27(16)15-7-5-4-6-8-15/h4-12H,3H2,1-2H3/b19-10+. The van der Waals surface area contributed by atoms with Crippen LogP contribution in [0.2, 0.25) is 5.02 Å². The van der Waals surface area contributed by atoms with E-state index in [2.05, 4.69) is 4.98 Å². The second-order valence-electron chi connectivity index (χ2n) is 7.22. The summed E-state index contributed by atoms with van der Waals surface area (Å²) in [7, 11) is 0. The smallest absolute Gasteiger partial charge is 0.197 e. The highest BCUT2D eigenvalue weighted by Crippen LogP contribution is 2.35. The number of carbonyl (C=O) groups excluding carboxylic acids is 2. The highest BCUT2D eigenvalue weighted by atomic mass is 35.5. The van der Waals surface area contributed by atoms with Gasteiger partial charge in [0.05, 0.1) is 21.0 Å². The molecule has 0 saturated carbocycles. The molecule has 1 aliphatic rings. The zero-order valence-corrected chi connectivity index (χ0v) is 18.0. The molecule has 6 heteroatoms. The minimum Gasteiger partial charge on any atom is -0.294 e. The Hall–Kier alpha value is -3.02. The van der Waals surface area contributed by atoms with Crippen molar-refractivity contribution in [2.75, 3.05) is 0 Å². The Morgan fingerprint density at radius 2 is 1.77 bits per heavy atom. The number of aryl methyl sites for hydroxylation is 2. The summed E-state index contributed by atoms with van der Waals surface area (Å²) < 4.78 is 3.00. The fourth-order valence-corrected chi connectivity index (χ4v) is 5.05. The third-order valence-electron chi connectivity index (χ3n) is 5.34. The first kappa shape index (κ1) is 19.0. The molecule has 0 amide bonds. The molecule has 0 N–H and O–H groups in total. The van der Waals surface area contributed by atoms with E-state index in [1.54, 1.807) is 29.5 Å². The van der Waals surface area contributed by atoms with E-state index in [9.17, 15) is 9.59 Å². The van der Waals surface area contributed by atoms with Crippen LogP contribution in [0.5, 0.6) is 0 Å². The van der Waals surface area contributed by atoms with E-state index in [0.717, 1.165) is 32.3 Å². The van der Waals surface area contributed by atoms with E-state index in [1.807, 2.05) is 54.8 Å². The van der Waals surface area contributed by atoms with E-state index >= 15 is 0 Å². The number of hydrogen-bond acceptors (Lipinski definition) is 4. The lowest BCUT2D eigenvalue weighted by atomic mass is 10.0. The largest absolute Gasteiger partial charge is 0.294 e. The molecule has 2 heterocycles. The lowest BCUT2D eigenvalue weighted by molar-refractivity contribution is 0.0990. The van der Waals surface area contributed by atoms with E-state index in [0.29, 0.717) is 22.6 Å². The van der Waals surface area contributed by atoms with Gasteiger partial charge in [0.25, 0.3) is 0 Å². The van der Waals surface area contributed by atoms with Gasteiger partial charge in [-0.2, -0.15) is 0 Å². The summed E-state index contributed by atoms with van der Waals surface area (Å²) in [5.41, 5.74) is 4.34. The Balaban J connectivity index is 1.70. The van der Waals surface area contributed by atoms with Crippen molar-refractivity contribution in [1.82, 2.24) is 9.55 Å². The molecular formula is C24H17ClN2O2S. The first-order valence-electron chi connectivity index (χ1n) is 9.65. The van der Waals surface area contributed by atoms with E-state index < -0.39 is 0 Å². The second-order valence-corrected chi connectivity index (χ2v) is 8.86. The molecule has 148 valence electrons. The van der Waals surface area contributed by atoms with Crippen molar-refractivity contribution in [1.29, 1.82) is 0 Å². The molecule has 0 atom stereocenters. The fraction of sp³-hybridized carbons (Fsp3) is 0.125. The molecule has 1 aliphatic carbocycles. The van der Waals surface area contributed by atoms with Crippen molar-refractivity contribution in [3.63, 3.8) is 0 Å². The van der Waals surface area contributed by atoms with Gasteiger partial charge in [0, 0.05) is 21.8 Å². The van der Waals surface area contributed by atoms with Crippen LogP contribution in [0, 0.1) is 6.92 Å². The number of thiazole rings is 1. The molecule has 4 aromatic rings. The molecule has 0 saturated heterocycles. The topological polar surface area (TPSA) is 52.0 Å². The van der Waals surface area contributed by atoms with Gasteiger partial charge in [-0.05, 0) is 55.3 Å². The van der Waals surface area contributed by atoms with Crippen molar-refractivity contribution in [2.24, 2.45) is 0 Å². The second kappa shape index (κ2) is 7.04. The lowest BCUT2D eigenvalue weighted by Gasteiger charge is -2.07. The number of nitrogens with zero attached hydrogens (tertiary/aromatic N) is 2. The van der Waals surface area contributed by atoms with Gasteiger partial charge < -0.3 is 0 Å². The van der Waals surface area contributed by atoms with Crippen LogP contribution in [0.25, 0.3) is 22.1 Å². The van der Waals surface area contributed by atoms with Crippen LogP contribution in [0.1, 0.15) is 43.9 Å². The van der Waals surface area contributed by atoms with Crippen molar-refractivity contribution in [2.45, 2.75) is 20.3 Å². The summed E-state index contributed by atoms with van der Waals surface area (Å²) >= 11 is 7.88. The predicted molar refractivity (Wildman–Crippen MR) is 121 cm³/mol. The number of Topliss-reactive ketones (excluding diaryl/α,β-unsaturated/α-hetero) is 2. The average molecular weight is 433 g/mol. The van der Waals surface area contributed by atoms with E-state index in [-0.39, 0.29) is 17.1 Å². The van der Waals surface area contributed by atoms with Crippen LogP contribution in [0.15, 0.2) is 54.1 Å².